The summed E-state index contributed by atoms with van der Waals surface area (Å²) in [6.07, 6.45) is 0.417. The van der Waals surface area contributed by atoms with Crippen LogP contribution in [0, 0.1) is 6.92 Å². The molecule has 1 aromatic heterocycles. The van der Waals surface area contributed by atoms with Crippen molar-refractivity contribution in [1.29, 1.82) is 0 Å². The molecule has 0 unspecified atom stereocenters. The molecule has 4 aromatic rings. The van der Waals surface area contributed by atoms with Crippen molar-refractivity contribution in [2.45, 2.75) is 32.3 Å². The standard InChI is InChI=1S/C28H26N2O3S/c1-20-12-14-23(15-13-20)29-26(31)17-27-30-24(19-34-27)18-33-28(32)16-25(21-8-4-2-5-9-21)22-10-6-3-7-11-22/h2-15,19,25H,16-18H2,1H3,(H,29,31). The van der Waals surface area contributed by atoms with Gasteiger partial charge in [0.2, 0.25) is 5.91 Å². The van der Waals surface area contributed by atoms with E-state index in [4.69, 9.17) is 4.74 Å². The highest BCUT2D eigenvalue weighted by molar-refractivity contribution is 7.09. The van der Waals surface area contributed by atoms with Crippen LogP contribution >= 0.6 is 11.3 Å². The number of esters is 1. The first kappa shape index (κ1) is 23.4. The van der Waals surface area contributed by atoms with Crippen LogP contribution in [0.4, 0.5) is 5.69 Å². The minimum Gasteiger partial charge on any atom is -0.459 e. The van der Waals surface area contributed by atoms with Gasteiger partial charge < -0.3 is 10.1 Å². The van der Waals surface area contributed by atoms with Crippen LogP contribution in [-0.4, -0.2) is 16.9 Å². The van der Waals surface area contributed by atoms with Crippen molar-refractivity contribution < 1.29 is 14.3 Å². The van der Waals surface area contributed by atoms with Gasteiger partial charge in [0.25, 0.3) is 0 Å². The summed E-state index contributed by atoms with van der Waals surface area (Å²) in [5.74, 6) is -0.494. The molecule has 0 saturated heterocycles. The number of nitrogens with zero attached hydrogens (tertiary/aromatic N) is 1. The highest BCUT2D eigenvalue weighted by Crippen LogP contribution is 2.28. The Balaban J connectivity index is 1.31. The van der Waals surface area contributed by atoms with Crippen molar-refractivity contribution in [3.63, 3.8) is 0 Å². The summed E-state index contributed by atoms with van der Waals surface area (Å²) in [5.41, 5.74) is 4.68. The molecule has 172 valence electrons. The quantitative estimate of drug-likeness (QED) is 0.309. The Morgan fingerprint density at radius 3 is 2.15 bits per heavy atom. The average molecular weight is 471 g/mol. The topological polar surface area (TPSA) is 68.3 Å². The molecule has 0 spiro atoms. The maximum Gasteiger partial charge on any atom is 0.307 e. The second-order valence-corrected chi connectivity index (χ2v) is 9.00. The molecule has 0 saturated carbocycles. The molecule has 0 radical (unpaired) electrons. The molecule has 0 aliphatic heterocycles. The molecule has 0 atom stereocenters. The van der Waals surface area contributed by atoms with Crippen LogP contribution in [0.15, 0.2) is 90.3 Å². The van der Waals surface area contributed by atoms with Crippen molar-refractivity contribution in [2.24, 2.45) is 0 Å². The number of aromatic nitrogens is 1. The van der Waals surface area contributed by atoms with E-state index >= 15 is 0 Å². The third kappa shape index (κ3) is 6.62. The number of thiazole rings is 1. The lowest BCUT2D eigenvalue weighted by Gasteiger charge is -2.17. The lowest BCUT2D eigenvalue weighted by molar-refractivity contribution is -0.145. The monoisotopic (exact) mass is 470 g/mol. The maximum atomic E-state index is 12.7. The number of rotatable bonds is 9. The predicted molar refractivity (Wildman–Crippen MR) is 135 cm³/mol. The smallest absolute Gasteiger partial charge is 0.307 e. The van der Waals surface area contributed by atoms with Gasteiger partial charge in [0.05, 0.1) is 18.5 Å². The SMILES string of the molecule is Cc1ccc(NC(=O)Cc2nc(COC(=O)CC(c3ccccc3)c3ccccc3)cs2)cc1. The summed E-state index contributed by atoms with van der Waals surface area (Å²) in [7, 11) is 0. The first-order valence-corrected chi connectivity index (χ1v) is 12.0. The molecule has 1 N–H and O–H groups in total. The molecule has 0 fully saturated rings. The molecular weight excluding hydrogens is 444 g/mol. The van der Waals surface area contributed by atoms with Crippen molar-refractivity contribution >= 4 is 28.9 Å². The first-order chi connectivity index (χ1) is 16.6. The molecule has 1 heterocycles. The third-order valence-corrected chi connectivity index (χ3v) is 6.30. The van der Waals surface area contributed by atoms with E-state index in [1.165, 1.54) is 11.3 Å². The lowest BCUT2D eigenvalue weighted by Crippen LogP contribution is -2.14. The van der Waals surface area contributed by atoms with Crippen molar-refractivity contribution in [2.75, 3.05) is 5.32 Å². The number of carbonyl (C=O) groups is 2. The van der Waals surface area contributed by atoms with E-state index < -0.39 is 0 Å². The Labute approximate surface area is 203 Å². The van der Waals surface area contributed by atoms with Gasteiger partial charge in [-0.15, -0.1) is 11.3 Å². The number of benzene rings is 3. The van der Waals surface area contributed by atoms with Gasteiger partial charge in [-0.25, -0.2) is 4.98 Å². The Kier molecular flexibility index (Phi) is 7.83. The Morgan fingerprint density at radius 2 is 1.53 bits per heavy atom. The number of aryl methyl sites for hydroxylation is 1. The van der Waals surface area contributed by atoms with Gasteiger partial charge in [0.1, 0.15) is 11.6 Å². The van der Waals surface area contributed by atoms with Crippen molar-refractivity contribution in [3.05, 3.63) is 118 Å². The molecule has 3 aromatic carbocycles. The number of anilines is 1. The number of carbonyl (C=O) groups excluding carboxylic acids is 2. The summed E-state index contributed by atoms with van der Waals surface area (Å²) in [6, 6.07) is 27.6. The zero-order valence-electron chi connectivity index (χ0n) is 18.9. The zero-order chi connectivity index (χ0) is 23.8. The van der Waals surface area contributed by atoms with Crippen molar-refractivity contribution in [1.82, 2.24) is 4.98 Å². The molecule has 0 aliphatic carbocycles. The van der Waals surface area contributed by atoms with E-state index in [9.17, 15) is 9.59 Å². The molecule has 5 nitrogen and oxygen atoms in total. The third-order valence-electron chi connectivity index (χ3n) is 5.40. The second-order valence-electron chi connectivity index (χ2n) is 8.06. The number of nitrogens with one attached hydrogen (secondary N) is 1. The van der Waals surface area contributed by atoms with Crippen LogP contribution in [0.2, 0.25) is 0 Å². The summed E-state index contributed by atoms with van der Waals surface area (Å²) in [6.45, 7) is 2.09. The Hall–Kier alpha value is -3.77. The van der Waals surface area contributed by atoms with E-state index in [1.54, 1.807) is 0 Å². The zero-order valence-corrected chi connectivity index (χ0v) is 19.8. The van der Waals surface area contributed by atoms with E-state index in [-0.39, 0.29) is 37.2 Å². The normalized spacial score (nSPS) is 10.8. The minimum atomic E-state index is -0.288. The van der Waals surface area contributed by atoms with Gasteiger partial charge in [0, 0.05) is 17.0 Å². The van der Waals surface area contributed by atoms with Gasteiger partial charge in [-0.3, -0.25) is 9.59 Å². The molecule has 4 rings (SSSR count). The summed E-state index contributed by atoms with van der Waals surface area (Å²) in [5, 5.41) is 5.38. The molecular formula is C28H26N2O3S. The summed E-state index contributed by atoms with van der Waals surface area (Å²) in [4.78, 5) is 29.4. The fourth-order valence-electron chi connectivity index (χ4n) is 3.65. The van der Waals surface area contributed by atoms with Gasteiger partial charge in [-0.05, 0) is 30.2 Å². The highest BCUT2D eigenvalue weighted by atomic mass is 32.1. The van der Waals surface area contributed by atoms with Crippen LogP contribution in [0.25, 0.3) is 0 Å². The number of hydrogen-bond donors (Lipinski definition) is 1. The largest absolute Gasteiger partial charge is 0.459 e. The first-order valence-electron chi connectivity index (χ1n) is 11.1. The van der Waals surface area contributed by atoms with E-state index in [1.807, 2.05) is 97.2 Å². The fourth-order valence-corrected chi connectivity index (χ4v) is 4.43. The molecule has 1 amide bonds. The lowest BCUT2D eigenvalue weighted by atomic mass is 9.89. The molecule has 0 bridgehead atoms. The minimum absolute atomic E-state index is 0.0774. The number of hydrogen-bond acceptors (Lipinski definition) is 5. The fraction of sp³-hybridized carbons (Fsp3) is 0.179. The van der Waals surface area contributed by atoms with Crippen LogP contribution in [0.3, 0.4) is 0 Å². The van der Waals surface area contributed by atoms with Gasteiger partial charge in [-0.1, -0.05) is 78.4 Å². The van der Waals surface area contributed by atoms with E-state index in [0.29, 0.717) is 10.7 Å². The van der Waals surface area contributed by atoms with Gasteiger partial charge >= 0.3 is 5.97 Å². The van der Waals surface area contributed by atoms with Crippen LogP contribution in [0.5, 0.6) is 0 Å². The average Bonchev–Trinajstić information content (AvgIpc) is 3.31. The Bertz CT molecular complexity index is 1180. The van der Waals surface area contributed by atoms with Crippen LogP contribution in [0.1, 0.15) is 39.7 Å². The predicted octanol–water partition coefficient (Wildman–Crippen LogP) is 5.90. The number of amides is 1. The Morgan fingerprint density at radius 1 is 0.912 bits per heavy atom. The number of ether oxygens (including phenoxy) is 1. The van der Waals surface area contributed by atoms with Crippen LogP contribution < -0.4 is 5.32 Å². The van der Waals surface area contributed by atoms with Crippen molar-refractivity contribution in [3.8, 4) is 0 Å². The van der Waals surface area contributed by atoms with E-state index in [2.05, 4.69) is 10.3 Å². The molecule has 0 aliphatic rings. The molecule has 6 heteroatoms. The van der Waals surface area contributed by atoms with E-state index in [0.717, 1.165) is 22.4 Å². The summed E-state index contributed by atoms with van der Waals surface area (Å²) < 4.78 is 5.53. The maximum absolute atomic E-state index is 12.7. The summed E-state index contributed by atoms with van der Waals surface area (Å²) >= 11 is 1.39. The van der Waals surface area contributed by atoms with Crippen LogP contribution in [-0.2, 0) is 27.4 Å². The highest BCUT2D eigenvalue weighted by Gasteiger charge is 2.19. The van der Waals surface area contributed by atoms with Gasteiger partial charge in [-0.2, -0.15) is 0 Å². The molecule has 34 heavy (non-hydrogen) atoms. The second kappa shape index (κ2) is 11.4. The van der Waals surface area contributed by atoms with Gasteiger partial charge in [0.15, 0.2) is 0 Å².